The number of nitrogens with zero attached hydrogens (tertiary/aromatic N) is 2. The summed E-state index contributed by atoms with van der Waals surface area (Å²) in [5.41, 5.74) is 9.23. The maximum absolute atomic E-state index is 13.5. The maximum Gasteiger partial charge on any atom is 0.227 e. The van der Waals surface area contributed by atoms with Gasteiger partial charge in [0.2, 0.25) is 11.8 Å². The molecule has 1 heterocycles. The Bertz CT molecular complexity index is 1310. The number of benzene rings is 3. The zero-order chi connectivity index (χ0) is 25.9. The van der Waals surface area contributed by atoms with Crippen LogP contribution in [0, 0.1) is 0 Å². The van der Waals surface area contributed by atoms with Crippen LogP contribution in [-0.4, -0.2) is 16.8 Å². The lowest BCUT2D eigenvalue weighted by atomic mass is 10.1. The second kappa shape index (κ2) is 13.0. The first kappa shape index (κ1) is 25.6. The lowest BCUT2D eigenvalue weighted by Crippen LogP contribution is -2.32. The molecule has 0 saturated heterocycles. The van der Waals surface area contributed by atoms with E-state index in [2.05, 4.69) is 10.3 Å². The van der Waals surface area contributed by atoms with Crippen LogP contribution in [0.25, 0.3) is 0 Å². The molecule has 0 radical (unpaired) electrons. The normalized spacial score (nSPS) is 10.5. The van der Waals surface area contributed by atoms with Crippen LogP contribution in [0.1, 0.15) is 29.5 Å². The number of ether oxygens (including phenoxy) is 1. The average molecular weight is 495 g/mol. The van der Waals surface area contributed by atoms with Crippen molar-refractivity contribution in [1.82, 2.24) is 10.3 Å². The first-order valence-electron chi connectivity index (χ1n) is 12.2. The Labute approximate surface area is 216 Å². The fraction of sp³-hybridized carbons (Fsp3) is 0.167. The molecule has 0 fully saturated rings. The number of rotatable bonds is 11. The van der Waals surface area contributed by atoms with Crippen LogP contribution in [0.3, 0.4) is 0 Å². The van der Waals surface area contributed by atoms with Crippen LogP contribution in [0.5, 0.6) is 11.5 Å². The summed E-state index contributed by atoms with van der Waals surface area (Å²) >= 11 is 0. The molecule has 7 nitrogen and oxygen atoms in total. The first-order chi connectivity index (χ1) is 18.1. The van der Waals surface area contributed by atoms with Gasteiger partial charge in [-0.2, -0.15) is 0 Å². The summed E-state index contributed by atoms with van der Waals surface area (Å²) in [7, 11) is 0. The topological polar surface area (TPSA) is 97.5 Å². The van der Waals surface area contributed by atoms with Crippen LogP contribution in [0.15, 0.2) is 103 Å². The summed E-state index contributed by atoms with van der Waals surface area (Å²) in [6.45, 7) is 1.12. The van der Waals surface area contributed by atoms with Crippen LogP contribution in [0.2, 0.25) is 0 Å². The molecule has 3 N–H and O–H groups in total. The van der Waals surface area contributed by atoms with Crippen LogP contribution >= 0.6 is 0 Å². The Morgan fingerprint density at radius 1 is 0.838 bits per heavy atom. The molecule has 1 aromatic heterocycles. The van der Waals surface area contributed by atoms with Crippen LogP contribution in [0.4, 0.5) is 5.69 Å². The highest BCUT2D eigenvalue weighted by molar-refractivity contribution is 5.96. The molecule has 0 aliphatic heterocycles. The van der Waals surface area contributed by atoms with Crippen molar-refractivity contribution in [2.75, 3.05) is 4.90 Å². The summed E-state index contributed by atoms with van der Waals surface area (Å²) in [4.78, 5) is 31.7. The molecule has 0 aliphatic rings. The first-order valence-corrected chi connectivity index (χ1v) is 12.2. The molecule has 37 heavy (non-hydrogen) atoms. The maximum atomic E-state index is 13.5. The largest absolute Gasteiger partial charge is 0.455 e. The molecule has 188 valence electrons. The number of para-hydroxylation sites is 2. The van der Waals surface area contributed by atoms with Gasteiger partial charge in [0.05, 0.1) is 12.2 Å². The fourth-order valence-electron chi connectivity index (χ4n) is 3.85. The van der Waals surface area contributed by atoms with E-state index >= 15 is 0 Å². The van der Waals surface area contributed by atoms with Crippen molar-refractivity contribution in [2.24, 2.45) is 5.73 Å². The molecule has 0 aliphatic carbocycles. The van der Waals surface area contributed by atoms with E-state index in [0.717, 1.165) is 16.7 Å². The summed E-state index contributed by atoms with van der Waals surface area (Å²) < 4.78 is 6.20. The quantitative estimate of drug-likeness (QED) is 0.307. The molecule has 4 aromatic rings. The SMILES string of the molecule is NCc1cccc(Oc2ccccc2N(Cc2ccccc2)C(=O)CCC(=O)NCc2cccnc2)c1. The van der Waals surface area contributed by atoms with Gasteiger partial charge in [-0.3, -0.25) is 14.6 Å². The molecule has 2 amide bonds. The smallest absolute Gasteiger partial charge is 0.227 e. The minimum atomic E-state index is -0.194. The zero-order valence-corrected chi connectivity index (χ0v) is 20.5. The number of aromatic nitrogens is 1. The summed E-state index contributed by atoms with van der Waals surface area (Å²) in [5, 5.41) is 2.85. The summed E-state index contributed by atoms with van der Waals surface area (Å²) in [5.74, 6) is 0.811. The Hall–Kier alpha value is -4.49. The fourth-order valence-corrected chi connectivity index (χ4v) is 3.85. The predicted molar refractivity (Wildman–Crippen MR) is 144 cm³/mol. The number of anilines is 1. The number of nitrogens with one attached hydrogen (secondary N) is 1. The monoisotopic (exact) mass is 494 g/mol. The minimum Gasteiger partial charge on any atom is -0.455 e. The number of amides is 2. The predicted octanol–water partition coefficient (Wildman–Crippen LogP) is 4.96. The summed E-state index contributed by atoms with van der Waals surface area (Å²) in [6.07, 6.45) is 3.52. The van der Waals surface area contributed by atoms with E-state index in [0.29, 0.717) is 36.8 Å². The third-order valence-electron chi connectivity index (χ3n) is 5.78. The molecule has 7 heteroatoms. The highest BCUT2D eigenvalue weighted by Crippen LogP contribution is 2.34. The van der Waals surface area contributed by atoms with Crippen LogP contribution < -0.4 is 20.7 Å². The third kappa shape index (κ3) is 7.49. The molecular weight excluding hydrogens is 464 g/mol. The van der Waals surface area contributed by atoms with Crippen molar-refractivity contribution in [3.63, 3.8) is 0 Å². The number of pyridine rings is 1. The van der Waals surface area contributed by atoms with E-state index in [-0.39, 0.29) is 24.7 Å². The average Bonchev–Trinajstić information content (AvgIpc) is 2.95. The Kier molecular flexibility index (Phi) is 8.99. The molecule has 0 saturated carbocycles. The lowest BCUT2D eigenvalue weighted by molar-refractivity contribution is -0.125. The highest BCUT2D eigenvalue weighted by Gasteiger charge is 2.21. The molecule has 0 atom stereocenters. The Morgan fingerprint density at radius 3 is 2.38 bits per heavy atom. The van der Waals surface area contributed by atoms with Crippen molar-refractivity contribution in [2.45, 2.75) is 32.5 Å². The van der Waals surface area contributed by atoms with Gasteiger partial charge in [-0.15, -0.1) is 0 Å². The van der Waals surface area contributed by atoms with Gasteiger partial charge < -0.3 is 20.7 Å². The van der Waals surface area contributed by atoms with Crippen molar-refractivity contribution < 1.29 is 14.3 Å². The van der Waals surface area contributed by atoms with E-state index in [1.807, 2.05) is 91.0 Å². The van der Waals surface area contributed by atoms with Gasteiger partial charge in [-0.25, -0.2) is 0 Å². The second-order valence-electron chi connectivity index (χ2n) is 8.52. The van der Waals surface area contributed by atoms with E-state index in [9.17, 15) is 9.59 Å². The van der Waals surface area contributed by atoms with E-state index in [1.165, 1.54) is 0 Å². The van der Waals surface area contributed by atoms with Gasteiger partial charge in [0.1, 0.15) is 5.75 Å². The third-order valence-corrected chi connectivity index (χ3v) is 5.78. The van der Waals surface area contributed by atoms with Gasteiger partial charge in [0.15, 0.2) is 5.75 Å². The summed E-state index contributed by atoms with van der Waals surface area (Å²) in [6, 6.07) is 28.4. The highest BCUT2D eigenvalue weighted by atomic mass is 16.5. The van der Waals surface area contributed by atoms with Gasteiger partial charge in [-0.1, -0.05) is 60.7 Å². The zero-order valence-electron chi connectivity index (χ0n) is 20.5. The number of carbonyl (C=O) groups is 2. The second-order valence-corrected chi connectivity index (χ2v) is 8.52. The minimum absolute atomic E-state index is 0.0582. The molecule has 0 bridgehead atoms. The van der Waals surface area contributed by atoms with Crippen molar-refractivity contribution in [1.29, 1.82) is 0 Å². The number of carbonyl (C=O) groups excluding carboxylic acids is 2. The lowest BCUT2D eigenvalue weighted by Gasteiger charge is -2.25. The number of hydrogen-bond acceptors (Lipinski definition) is 5. The van der Waals surface area contributed by atoms with E-state index in [4.69, 9.17) is 10.5 Å². The van der Waals surface area contributed by atoms with Crippen molar-refractivity contribution in [3.8, 4) is 11.5 Å². The van der Waals surface area contributed by atoms with E-state index < -0.39 is 0 Å². The van der Waals surface area contributed by atoms with Gasteiger partial charge in [0.25, 0.3) is 0 Å². The van der Waals surface area contributed by atoms with Gasteiger partial charge in [-0.05, 0) is 47.0 Å². The number of nitrogens with two attached hydrogens (primary N) is 1. The molecule has 4 rings (SSSR count). The van der Waals surface area contributed by atoms with E-state index in [1.54, 1.807) is 17.3 Å². The molecular formula is C30H30N4O3. The Morgan fingerprint density at radius 2 is 1.59 bits per heavy atom. The van der Waals surface area contributed by atoms with Crippen molar-refractivity contribution >= 4 is 17.5 Å². The van der Waals surface area contributed by atoms with Gasteiger partial charge in [0, 0.05) is 38.3 Å². The van der Waals surface area contributed by atoms with Crippen LogP contribution in [-0.2, 0) is 29.2 Å². The Balaban J connectivity index is 1.51. The standard InChI is InChI=1S/C30H30N4O3/c31-19-24-10-6-12-26(18-24)37-28-14-5-4-13-27(28)34(22-23-8-2-1-3-9-23)30(36)16-15-29(35)33-21-25-11-7-17-32-20-25/h1-14,17-18,20H,15-16,19,21-22,31H2,(H,33,35). The molecule has 0 unspecified atom stereocenters. The molecule has 0 spiro atoms. The number of hydrogen-bond donors (Lipinski definition) is 2. The molecule has 3 aromatic carbocycles. The van der Waals surface area contributed by atoms with Crippen molar-refractivity contribution in [3.05, 3.63) is 120 Å². The van der Waals surface area contributed by atoms with Gasteiger partial charge >= 0.3 is 0 Å².